The molecule has 0 aliphatic heterocycles. The molecule has 4 fully saturated rings. The molecule has 1 heterocycles. The highest BCUT2D eigenvalue weighted by molar-refractivity contribution is 6.31. The SMILES string of the molecule is Cc1nn(C)c(Cl)c1/C=C/C(=O)NC(C)C12CC3CC(CC(C3)C1)C2. The summed E-state index contributed by atoms with van der Waals surface area (Å²) in [5.41, 5.74) is 1.99. The molecule has 1 amide bonds. The summed E-state index contributed by atoms with van der Waals surface area (Å²) in [6, 6.07) is 0.239. The van der Waals surface area contributed by atoms with Gasteiger partial charge in [0.15, 0.2) is 0 Å². The molecule has 1 unspecified atom stereocenters. The smallest absolute Gasteiger partial charge is 0.244 e. The Kier molecular flexibility index (Phi) is 4.22. The van der Waals surface area contributed by atoms with E-state index < -0.39 is 0 Å². The van der Waals surface area contributed by atoms with Gasteiger partial charge in [-0.25, -0.2) is 0 Å². The maximum Gasteiger partial charge on any atom is 0.244 e. The largest absolute Gasteiger partial charge is 0.350 e. The molecular formula is C20H28ClN3O. The average molecular weight is 362 g/mol. The van der Waals surface area contributed by atoms with Crippen LogP contribution in [0.2, 0.25) is 5.15 Å². The van der Waals surface area contributed by atoms with Crippen LogP contribution < -0.4 is 5.32 Å². The van der Waals surface area contributed by atoms with Gasteiger partial charge in [0.25, 0.3) is 0 Å². The van der Waals surface area contributed by atoms with Crippen LogP contribution in [0.25, 0.3) is 6.08 Å². The summed E-state index contributed by atoms with van der Waals surface area (Å²) >= 11 is 6.23. The fraction of sp³-hybridized carbons (Fsp3) is 0.700. The van der Waals surface area contributed by atoms with Gasteiger partial charge in [0.05, 0.1) is 5.69 Å². The van der Waals surface area contributed by atoms with Crippen LogP contribution in [0.3, 0.4) is 0 Å². The van der Waals surface area contributed by atoms with E-state index in [0.717, 1.165) is 29.0 Å². The van der Waals surface area contributed by atoms with Gasteiger partial charge in [-0.1, -0.05) is 11.6 Å². The first-order valence-corrected chi connectivity index (χ1v) is 9.92. The van der Waals surface area contributed by atoms with Gasteiger partial charge in [-0.05, 0) is 81.6 Å². The molecule has 4 aliphatic rings. The van der Waals surface area contributed by atoms with Gasteiger partial charge in [-0.3, -0.25) is 9.48 Å². The van der Waals surface area contributed by atoms with Crippen LogP contribution in [0.4, 0.5) is 0 Å². The zero-order chi connectivity index (χ0) is 17.8. The second kappa shape index (κ2) is 6.15. The minimum atomic E-state index is -0.0254. The van der Waals surface area contributed by atoms with Crippen LogP contribution in [0.1, 0.15) is 56.7 Å². The van der Waals surface area contributed by atoms with Crippen molar-refractivity contribution < 1.29 is 4.79 Å². The van der Waals surface area contributed by atoms with Crippen molar-refractivity contribution in [2.24, 2.45) is 30.2 Å². The van der Waals surface area contributed by atoms with Gasteiger partial charge in [0, 0.05) is 24.7 Å². The van der Waals surface area contributed by atoms with Crippen molar-refractivity contribution in [3.8, 4) is 0 Å². The number of nitrogens with zero attached hydrogens (tertiary/aromatic N) is 2. The van der Waals surface area contributed by atoms with Gasteiger partial charge in [0.1, 0.15) is 5.15 Å². The summed E-state index contributed by atoms with van der Waals surface area (Å²) in [5, 5.41) is 8.10. The van der Waals surface area contributed by atoms with Crippen molar-refractivity contribution in [3.63, 3.8) is 0 Å². The van der Waals surface area contributed by atoms with E-state index >= 15 is 0 Å². The molecule has 1 N–H and O–H groups in total. The molecule has 1 aromatic heterocycles. The van der Waals surface area contributed by atoms with Crippen LogP contribution in [-0.2, 0) is 11.8 Å². The standard InChI is InChI=1S/C20H28ClN3O/c1-12-17(19(21)24(3)23-12)4-5-18(25)22-13(2)20-9-14-6-15(10-20)8-16(7-14)11-20/h4-5,13-16H,6-11H2,1-3H3,(H,22,25)/b5-4+. The van der Waals surface area contributed by atoms with Crippen LogP contribution in [0, 0.1) is 30.1 Å². The highest BCUT2D eigenvalue weighted by Crippen LogP contribution is 2.61. The van der Waals surface area contributed by atoms with Crippen molar-refractivity contribution >= 4 is 23.6 Å². The second-order valence-corrected chi connectivity index (χ2v) is 9.12. The number of halogens is 1. The van der Waals surface area contributed by atoms with Gasteiger partial charge < -0.3 is 5.32 Å². The highest BCUT2D eigenvalue weighted by Gasteiger charge is 2.53. The second-order valence-electron chi connectivity index (χ2n) is 8.76. The molecule has 5 rings (SSSR count). The van der Waals surface area contributed by atoms with Crippen LogP contribution in [0.5, 0.6) is 0 Å². The number of hydrogen-bond acceptors (Lipinski definition) is 2. The Morgan fingerprint density at radius 3 is 2.32 bits per heavy atom. The number of aryl methyl sites for hydroxylation is 2. The number of aromatic nitrogens is 2. The molecule has 0 spiro atoms. The number of carbonyl (C=O) groups excluding carboxylic acids is 1. The topological polar surface area (TPSA) is 46.9 Å². The molecule has 136 valence electrons. The van der Waals surface area contributed by atoms with Crippen molar-refractivity contribution in [3.05, 3.63) is 22.5 Å². The minimum Gasteiger partial charge on any atom is -0.350 e. The van der Waals surface area contributed by atoms with E-state index in [9.17, 15) is 4.79 Å². The maximum atomic E-state index is 12.5. The molecular weight excluding hydrogens is 334 g/mol. The first kappa shape index (κ1) is 17.1. The molecule has 0 aromatic carbocycles. The lowest BCUT2D eigenvalue weighted by molar-refractivity contribution is -0.121. The average Bonchev–Trinajstić information content (AvgIpc) is 2.76. The first-order valence-electron chi connectivity index (χ1n) is 9.54. The lowest BCUT2D eigenvalue weighted by Crippen LogP contribution is -2.55. The number of nitrogens with one attached hydrogen (secondary N) is 1. The Labute approximate surface area is 155 Å². The molecule has 1 atom stereocenters. The summed E-state index contributed by atoms with van der Waals surface area (Å²) in [5.74, 6) is 2.68. The molecule has 4 bridgehead atoms. The lowest BCUT2D eigenvalue weighted by Gasteiger charge is -2.59. The maximum absolute atomic E-state index is 12.5. The van der Waals surface area contributed by atoms with E-state index in [1.807, 2.05) is 14.0 Å². The van der Waals surface area contributed by atoms with E-state index in [4.69, 9.17) is 11.6 Å². The van der Waals surface area contributed by atoms with E-state index in [0.29, 0.717) is 10.6 Å². The molecule has 0 radical (unpaired) electrons. The third-order valence-corrected chi connectivity index (χ3v) is 7.41. The van der Waals surface area contributed by atoms with E-state index in [1.165, 1.54) is 38.5 Å². The molecule has 4 aliphatic carbocycles. The summed E-state index contributed by atoms with van der Waals surface area (Å²) in [4.78, 5) is 12.5. The van der Waals surface area contributed by atoms with Crippen LogP contribution in [0.15, 0.2) is 6.08 Å². The minimum absolute atomic E-state index is 0.0254. The number of rotatable bonds is 4. The Hall–Kier alpha value is -1.29. The third kappa shape index (κ3) is 3.03. The zero-order valence-corrected chi connectivity index (χ0v) is 16.1. The molecule has 1 aromatic rings. The van der Waals surface area contributed by atoms with E-state index in [-0.39, 0.29) is 11.9 Å². The van der Waals surface area contributed by atoms with Crippen LogP contribution in [-0.4, -0.2) is 21.7 Å². The Balaban J connectivity index is 1.43. The number of hydrogen-bond donors (Lipinski definition) is 1. The Bertz CT molecular complexity index is 685. The highest BCUT2D eigenvalue weighted by atomic mass is 35.5. The number of carbonyl (C=O) groups is 1. The number of amides is 1. The fourth-order valence-corrected chi connectivity index (χ4v) is 6.35. The molecule has 4 nitrogen and oxygen atoms in total. The molecule has 5 heteroatoms. The van der Waals surface area contributed by atoms with E-state index in [1.54, 1.807) is 16.8 Å². The first-order chi connectivity index (χ1) is 11.9. The molecule has 25 heavy (non-hydrogen) atoms. The summed E-state index contributed by atoms with van der Waals surface area (Å²) in [6.45, 7) is 4.11. The van der Waals surface area contributed by atoms with Gasteiger partial charge in [0.2, 0.25) is 5.91 Å². The van der Waals surface area contributed by atoms with Gasteiger partial charge in [-0.15, -0.1) is 0 Å². The summed E-state index contributed by atoms with van der Waals surface area (Å²) in [7, 11) is 1.81. The Morgan fingerprint density at radius 2 is 1.84 bits per heavy atom. The normalized spacial score (nSPS) is 34.6. The third-order valence-electron chi connectivity index (χ3n) is 6.96. The quantitative estimate of drug-likeness (QED) is 0.820. The lowest BCUT2D eigenvalue weighted by atomic mass is 9.48. The van der Waals surface area contributed by atoms with Crippen molar-refractivity contribution in [1.82, 2.24) is 15.1 Å². The zero-order valence-electron chi connectivity index (χ0n) is 15.4. The molecule has 0 saturated heterocycles. The predicted octanol–water partition coefficient (Wildman–Crippen LogP) is 4.12. The van der Waals surface area contributed by atoms with Crippen molar-refractivity contribution in [2.45, 2.75) is 58.4 Å². The predicted molar refractivity (Wildman–Crippen MR) is 100 cm³/mol. The molecule has 4 saturated carbocycles. The van der Waals surface area contributed by atoms with Gasteiger partial charge >= 0.3 is 0 Å². The van der Waals surface area contributed by atoms with Gasteiger partial charge in [-0.2, -0.15) is 5.10 Å². The van der Waals surface area contributed by atoms with E-state index in [2.05, 4.69) is 17.3 Å². The van der Waals surface area contributed by atoms with Crippen molar-refractivity contribution in [2.75, 3.05) is 0 Å². The summed E-state index contributed by atoms with van der Waals surface area (Å²) in [6.07, 6.45) is 11.6. The van der Waals surface area contributed by atoms with Crippen molar-refractivity contribution in [1.29, 1.82) is 0 Å². The van der Waals surface area contributed by atoms with Crippen LogP contribution >= 0.6 is 11.6 Å². The Morgan fingerprint density at radius 1 is 1.28 bits per heavy atom. The fourth-order valence-electron chi connectivity index (χ4n) is 6.12. The monoisotopic (exact) mass is 361 g/mol. The summed E-state index contributed by atoms with van der Waals surface area (Å²) < 4.78 is 1.63.